The maximum atomic E-state index is 12.6. The van der Waals surface area contributed by atoms with Gasteiger partial charge in [0.1, 0.15) is 11.7 Å². The first kappa shape index (κ1) is 18.9. The van der Waals surface area contributed by atoms with Crippen molar-refractivity contribution < 1.29 is 33.7 Å². The van der Waals surface area contributed by atoms with E-state index in [-0.39, 0.29) is 6.42 Å². The van der Waals surface area contributed by atoms with Crippen LogP contribution in [0.4, 0.5) is 0 Å². The van der Waals surface area contributed by atoms with E-state index in [9.17, 15) is 19.5 Å². The molecule has 7 heteroatoms. The summed E-state index contributed by atoms with van der Waals surface area (Å²) in [4.78, 5) is 37.2. The number of Topliss-reactive ketones (excluding diaryl/α,β-unsaturated/α-hetero) is 1. The van der Waals surface area contributed by atoms with Crippen LogP contribution in [0.2, 0.25) is 0 Å². The fourth-order valence-electron chi connectivity index (χ4n) is 3.52. The Hall–Kier alpha value is -2.41. The molecule has 1 aromatic rings. The Balaban J connectivity index is 2.66. The van der Waals surface area contributed by atoms with Crippen molar-refractivity contribution in [3.05, 3.63) is 29.8 Å². The molecule has 1 aliphatic carbocycles. The zero-order valence-corrected chi connectivity index (χ0v) is 14.6. The SMILES string of the molecule is COC(=O)[C@H]1C(=O)C[C@@](C)(O)[C@H](C(=O)OC)[C@H]1c1cccc(OC)c1. The van der Waals surface area contributed by atoms with E-state index < -0.39 is 41.1 Å². The lowest BCUT2D eigenvalue weighted by Crippen LogP contribution is -2.55. The molecule has 1 saturated carbocycles. The predicted octanol–water partition coefficient (Wildman–Crippen LogP) is 1.08. The fraction of sp³-hybridized carbons (Fsp3) is 0.500. The van der Waals surface area contributed by atoms with Crippen LogP contribution in [0.25, 0.3) is 0 Å². The molecular formula is C18H22O7. The highest BCUT2D eigenvalue weighted by Crippen LogP contribution is 2.47. The van der Waals surface area contributed by atoms with Crippen LogP contribution in [0.1, 0.15) is 24.8 Å². The van der Waals surface area contributed by atoms with Gasteiger partial charge in [-0.25, -0.2) is 0 Å². The summed E-state index contributed by atoms with van der Waals surface area (Å²) in [6, 6.07) is 6.69. The summed E-state index contributed by atoms with van der Waals surface area (Å²) < 4.78 is 14.8. The molecule has 0 unspecified atom stereocenters. The van der Waals surface area contributed by atoms with Gasteiger partial charge in [-0.15, -0.1) is 0 Å². The van der Waals surface area contributed by atoms with Gasteiger partial charge in [-0.05, 0) is 24.6 Å². The van der Waals surface area contributed by atoms with Crippen LogP contribution in [0, 0.1) is 11.8 Å². The molecule has 25 heavy (non-hydrogen) atoms. The first-order chi connectivity index (χ1) is 11.8. The van der Waals surface area contributed by atoms with E-state index in [1.54, 1.807) is 24.3 Å². The van der Waals surface area contributed by atoms with Gasteiger partial charge in [0.2, 0.25) is 0 Å². The Morgan fingerprint density at radius 1 is 1.16 bits per heavy atom. The largest absolute Gasteiger partial charge is 0.497 e. The second kappa shape index (κ2) is 7.23. The highest BCUT2D eigenvalue weighted by Gasteiger charge is 2.56. The Morgan fingerprint density at radius 2 is 1.80 bits per heavy atom. The molecule has 0 bridgehead atoms. The van der Waals surface area contributed by atoms with Crippen LogP contribution in [-0.2, 0) is 23.9 Å². The maximum Gasteiger partial charge on any atom is 0.316 e. The number of benzene rings is 1. The molecule has 136 valence electrons. The van der Waals surface area contributed by atoms with E-state index in [1.165, 1.54) is 28.3 Å². The van der Waals surface area contributed by atoms with E-state index in [0.717, 1.165) is 0 Å². The number of hydrogen-bond acceptors (Lipinski definition) is 7. The van der Waals surface area contributed by atoms with Gasteiger partial charge >= 0.3 is 11.9 Å². The second-order valence-electron chi connectivity index (χ2n) is 6.30. The first-order valence-corrected chi connectivity index (χ1v) is 7.81. The number of rotatable bonds is 4. The smallest absolute Gasteiger partial charge is 0.316 e. The number of ether oxygens (including phenoxy) is 3. The van der Waals surface area contributed by atoms with E-state index in [2.05, 4.69) is 0 Å². The Labute approximate surface area is 145 Å². The van der Waals surface area contributed by atoms with Gasteiger partial charge in [0.05, 0.1) is 32.8 Å². The zero-order chi connectivity index (χ0) is 18.8. The molecule has 0 spiro atoms. The molecule has 0 saturated heterocycles. The standard InChI is InChI=1S/C18H22O7/c1-18(22)9-12(19)14(16(20)24-3)13(15(18)17(21)25-4)10-6-5-7-11(8-10)23-2/h5-8,13-15,22H,9H2,1-4H3/t13-,14-,15-,18+/m0/s1. The summed E-state index contributed by atoms with van der Waals surface area (Å²) in [5.74, 6) is -4.66. The van der Waals surface area contributed by atoms with Gasteiger partial charge in [0.15, 0.2) is 5.78 Å². The quantitative estimate of drug-likeness (QED) is 0.641. The van der Waals surface area contributed by atoms with Crippen molar-refractivity contribution in [3.8, 4) is 5.75 Å². The lowest BCUT2D eigenvalue weighted by Gasteiger charge is -2.43. The summed E-state index contributed by atoms with van der Waals surface area (Å²) in [5, 5.41) is 10.7. The molecule has 0 aliphatic heterocycles. The molecular weight excluding hydrogens is 328 g/mol. The van der Waals surface area contributed by atoms with Crippen LogP contribution in [0.5, 0.6) is 5.75 Å². The molecule has 0 heterocycles. The van der Waals surface area contributed by atoms with Crippen molar-refractivity contribution in [1.82, 2.24) is 0 Å². The molecule has 1 aromatic carbocycles. The molecule has 1 aliphatic rings. The number of hydrogen-bond donors (Lipinski definition) is 1. The minimum absolute atomic E-state index is 0.340. The molecule has 0 amide bonds. The average Bonchev–Trinajstić information content (AvgIpc) is 2.59. The molecule has 0 radical (unpaired) electrons. The van der Waals surface area contributed by atoms with Crippen LogP contribution in [0.15, 0.2) is 24.3 Å². The zero-order valence-electron chi connectivity index (χ0n) is 14.6. The number of aliphatic hydroxyl groups is 1. The van der Waals surface area contributed by atoms with Crippen LogP contribution in [0.3, 0.4) is 0 Å². The first-order valence-electron chi connectivity index (χ1n) is 7.81. The van der Waals surface area contributed by atoms with Crippen molar-refractivity contribution in [1.29, 1.82) is 0 Å². The van der Waals surface area contributed by atoms with Crippen LogP contribution in [-0.4, -0.2) is 49.8 Å². The third-order valence-corrected chi connectivity index (χ3v) is 4.66. The highest BCUT2D eigenvalue weighted by atomic mass is 16.5. The molecule has 0 aromatic heterocycles. The lowest BCUT2D eigenvalue weighted by atomic mass is 9.61. The maximum absolute atomic E-state index is 12.6. The Bertz CT molecular complexity index is 680. The van der Waals surface area contributed by atoms with Crippen LogP contribution >= 0.6 is 0 Å². The van der Waals surface area contributed by atoms with Gasteiger partial charge in [-0.1, -0.05) is 12.1 Å². The predicted molar refractivity (Wildman–Crippen MR) is 87.0 cm³/mol. The Morgan fingerprint density at radius 3 is 2.36 bits per heavy atom. The fourth-order valence-corrected chi connectivity index (χ4v) is 3.52. The van der Waals surface area contributed by atoms with Crippen LogP contribution < -0.4 is 4.74 Å². The summed E-state index contributed by atoms with van der Waals surface area (Å²) in [6.45, 7) is 1.40. The average molecular weight is 350 g/mol. The molecule has 4 atom stereocenters. The third kappa shape index (κ3) is 3.51. The number of esters is 2. The summed E-state index contributed by atoms with van der Waals surface area (Å²) in [7, 11) is 3.86. The van der Waals surface area contributed by atoms with Gasteiger partial charge < -0.3 is 19.3 Å². The summed E-state index contributed by atoms with van der Waals surface area (Å²) in [6.07, 6.45) is -0.340. The molecule has 1 N–H and O–H groups in total. The lowest BCUT2D eigenvalue weighted by molar-refractivity contribution is -0.170. The monoisotopic (exact) mass is 350 g/mol. The van der Waals surface area contributed by atoms with Gasteiger partial charge in [-0.3, -0.25) is 14.4 Å². The number of methoxy groups -OCH3 is 3. The molecule has 7 nitrogen and oxygen atoms in total. The van der Waals surface area contributed by atoms with Crippen molar-refractivity contribution in [2.75, 3.05) is 21.3 Å². The van der Waals surface area contributed by atoms with Crippen molar-refractivity contribution >= 4 is 17.7 Å². The van der Waals surface area contributed by atoms with E-state index in [4.69, 9.17) is 14.2 Å². The second-order valence-corrected chi connectivity index (χ2v) is 6.30. The third-order valence-electron chi connectivity index (χ3n) is 4.66. The van der Waals surface area contributed by atoms with Gasteiger partial charge in [0, 0.05) is 12.3 Å². The summed E-state index contributed by atoms with van der Waals surface area (Å²) >= 11 is 0. The van der Waals surface area contributed by atoms with Gasteiger partial charge in [-0.2, -0.15) is 0 Å². The number of carbonyl (C=O) groups is 3. The minimum atomic E-state index is -1.65. The van der Waals surface area contributed by atoms with E-state index in [0.29, 0.717) is 11.3 Å². The minimum Gasteiger partial charge on any atom is -0.497 e. The Kier molecular flexibility index (Phi) is 5.47. The van der Waals surface area contributed by atoms with E-state index >= 15 is 0 Å². The number of ketones is 1. The normalized spacial score (nSPS) is 29.0. The summed E-state index contributed by atoms with van der Waals surface area (Å²) in [5.41, 5.74) is -1.14. The van der Waals surface area contributed by atoms with Crippen molar-refractivity contribution in [2.24, 2.45) is 11.8 Å². The highest BCUT2D eigenvalue weighted by molar-refractivity contribution is 6.02. The van der Waals surface area contributed by atoms with Crippen molar-refractivity contribution in [2.45, 2.75) is 24.9 Å². The van der Waals surface area contributed by atoms with Gasteiger partial charge in [0.25, 0.3) is 0 Å². The molecule has 2 rings (SSSR count). The topological polar surface area (TPSA) is 99.1 Å². The number of carbonyl (C=O) groups excluding carboxylic acids is 3. The van der Waals surface area contributed by atoms with E-state index in [1.807, 2.05) is 0 Å². The molecule has 1 fully saturated rings. The van der Waals surface area contributed by atoms with Crippen molar-refractivity contribution in [3.63, 3.8) is 0 Å².